The summed E-state index contributed by atoms with van der Waals surface area (Å²) in [6, 6.07) is 12.3. The fourth-order valence-electron chi connectivity index (χ4n) is 2.30. The number of nitriles is 1. The first-order valence-corrected chi connectivity index (χ1v) is 8.01. The lowest BCUT2D eigenvalue weighted by atomic mass is 10.2. The molecule has 3 rings (SSSR count). The molecule has 0 amide bonds. The largest absolute Gasteiger partial charge is 0.453 e. The molecule has 0 bridgehead atoms. The number of carbonyl (C=O) groups excluding carboxylic acids is 1. The summed E-state index contributed by atoms with van der Waals surface area (Å²) in [6.07, 6.45) is 0. The van der Waals surface area contributed by atoms with Crippen molar-refractivity contribution in [3.8, 4) is 6.07 Å². The van der Waals surface area contributed by atoms with E-state index >= 15 is 0 Å². The Hall–Kier alpha value is -2.98. The van der Waals surface area contributed by atoms with E-state index in [1.165, 1.54) is 15.9 Å². The summed E-state index contributed by atoms with van der Waals surface area (Å²) in [7, 11) is 0. The third kappa shape index (κ3) is 3.05. The average molecular weight is 339 g/mol. The smallest absolute Gasteiger partial charge is 0.348 e. The van der Waals surface area contributed by atoms with Crippen LogP contribution in [0, 0.1) is 18.3 Å². The van der Waals surface area contributed by atoms with Gasteiger partial charge in [-0.05, 0) is 31.2 Å². The molecule has 0 saturated heterocycles. The summed E-state index contributed by atoms with van der Waals surface area (Å²) in [4.78, 5) is 30.4. The van der Waals surface area contributed by atoms with Gasteiger partial charge >= 0.3 is 5.97 Å². The Morgan fingerprint density at radius 3 is 2.83 bits per heavy atom. The van der Waals surface area contributed by atoms with Crippen LogP contribution in [-0.2, 0) is 17.9 Å². The molecule has 2 aromatic heterocycles. The van der Waals surface area contributed by atoms with Crippen LogP contribution in [0.3, 0.4) is 0 Å². The van der Waals surface area contributed by atoms with E-state index in [1.807, 2.05) is 19.1 Å². The molecule has 1 aromatic carbocycles. The van der Waals surface area contributed by atoms with Crippen molar-refractivity contribution in [1.29, 1.82) is 5.26 Å². The number of ether oxygens (including phenoxy) is 1. The van der Waals surface area contributed by atoms with Crippen LogP contribution in [0.4, 0.5) is 0 Å². The minimum absolute atomic E-state index is 0.151. The molecule has 0 radical (unpaired) electrons. The summed E-state index contributed by atoms with van der Waals surface area (Å²) in [5.74, 6) is -0.221. The normalized spacial score (nSPS) is 10.5. The monoisotopic (exact) mass is 339 g/mol. The number of esters is 1. The van der Waals surface area contributed by atoms with E-state index < -0.39 is 5.97 Å². The summed E-state index contributed by atoms with van der Waals surface area (Å²) >= 11 is 1.34. The fraction of sp³-hybridized carbons (Fsp3) is 0.176. The molecule has 0 fully saturated rings. The zero-order valence-electron chi connectivity index (χ0n) is 12.9. The van der Waals surface area contributed by atoms with Crippen molar-refractivity contribution >= 4 is 28.2 Å². The van der Waals surface area contributed by atoms with E-state index in [0.29, 0.717) is 15.8 Å². The fourth-order valence-corrected chi connectivity index (χ4v) is 3.06. The molecule has 2 heterocycles. The van der Waals surface area contributed by atoms with Crippen LogP contribution in [-0.4, -0.2) is 15.5 Å². The van der Waals surface area contributed by atoms with Gasteiger partial charge in [0.1, 0.15) is 18.0 Å². The zero-order chi connectivity index (χ0) is 17.1. The van der Waals surface area contributed by atoms with Gasteiger partial charge in [0, 0.05) is 4.88 Å². The molecule has 0 aliphatic carbocycles. The molecule has 120 valence electrons. The van der Waals surface area contributed by atoms with Gasteiger partial charge in [-0.25, -0.2) is 9.78 Å². The molecule has 3 aromatic rings. The lowest BCUT2D eigenvalue weighted by Crippen LogP contribution is -2.26. The van der Waals surface area contributed by atoms with E-state index in [0.717, 1.165) is 4.88 Å². The number of fused-ring (bicyclic) bond motifs is 1. The minimum Gasteiger partial charge on any atom is -0.453 e. The number of benzene rings is 1. The lowest BCUT2D eigenvalue weighted by molar-refractivity contribution is 0.0463. The van der Waals surface area contributed by atoms with Crippen LogP contribution in [0.2, 0.25) is 0 Å². The average Bonchev–Trinajstić information content (AvgIpc) is 3.02. The molecule has 0 aliphatic rings. The Bertz CT molecular complexity index is 1010. The van der Waals surface area contributed by atoms with E-state index in [1.54, 1.807) is 30.3 Å². The van der Waals surface area contributed by atoms with Gasteiger partial charge in [0.25, 0.3) is 5.56 Å². The topological polar surface area (TPSA) is 85.0 Å². The number of rotatable bonds is 4. The molecule has 0 N–H and O–H groups in total. The Morgan fingerprint density at radius 1 is 1.33 bits per heavy atom. The van der Waals surface area contributed by atoms with Gasteiger partial charge in [-0.1, -0.05) is 12.1 Å². The number of para-hydroxylation sites is 1. The van der Waals surface area contributed by atoms with Crippen LogP contribution in [0.25, 0.3) is 10.9 Å². The van der Waals surface area contributed by atoms with E-state index in [2.05, 4.69) is 4.98 Å². The third-order valence-corrected chi connectivity index (χ3v) is 4.42. The molecule has 7 heteroatoms. The van der Waals surface area contributed by atoms with Gasteiger partial charge in [0.05, 0.1) is 17.0 Å². The van der Waals surface area contributed by atoms with Crippen LogP contribution in [0.1, 0.15) is 20.4 Å². The van der Waals surface area contributed by atoms with Crippen LogP contribution in [0.15, 0.2) is 41.2 Å². The summed E-state index contributed by atoms with van der Waals surface area (Å²) < 4.78 is 6.49. The van der Waals surface area contributed by atoms with Gasteiger partial charge in [0.15, 0.2) is 5.82 Å². The number of aromatic nitrogens is 2. The number of hydrogen-bond donors (Lipinski definition) is 0. The molecule has 0 atom stereocenters. The number of hydrogen-bond acceptors (Lipinski definition) is 6. The Morgan fingerprint density at radius 2 is 2.12 bits per heavy atom. The van der Waals surface area contributed by atoms with Crippen LogP contribution >= 0.6 is 11.3 Å². The van der Waals surface area contributed by atoms with Gasteiger partial charge in [0.2, 0.25) is 0 Å². The predicted molar refractivity (Wildman–Crippen MR) is 89.8 cm³/mol. The molecule has 24 heavy (non-hydrogen) atoms. The molecule has 0 saturated carbocycles. The highest BCUT2D eigenvalue weighted by molar-refractivity contribution is 7.13. The van der Waals surface area contributed by atoms with Crippen molar-refractivity contribution in [2.45, 2.75) is 20.1 Å². The van der Waals surface area contributed by atoms with E-state index in [-0.39, 0.29) is 24.5 Å². The SMILES string of the molecule is Cc1ccc(C(=O)OCc2nc3ccccc3c(=O)n2CC#N)s1. The third-order valence-electron chi connectivity index (χ3n) is 3.44. The first kappa shape index (κ1) is 15.9. The molecule has 6 nitrogen and oxygen atoms in total. The van der Waals surface area contributed by atoms with Crippen molar-refractivity contribution in [1.82, 2.24) is 9.55 Å². The highest BCUT2D eigenvalue weighted by Crippen LogP contribution is 2.17. The van der Waals surface area contributed by atoms with Gasteiger partial charge in [-0.2, -0.15) is 5.26 Å². The Kier molecular flexibility index (Phi) is 4.40. The molecule has 0 spiro atoms. The van der Waals surface area contributed by atoms with E-state index in [4.69, 9.17) is 10.00 Å². The van der Waals surface area contributed by atoms with Crippen molar-refractivity contribution in [3.05, 3.63) is 62.3 Å². The number of carbonyl (C=O) groups is 1. The van der Waals surface area contributed by atoms with Gasteiger partial charge in [-0.15, -0.1) is 11.3 Å². The van der Waals surface area contributed by atoms with Gasteiger partial charge in [-0.3, -0.25) is 9.36 Å². The number of aryl methyl sites for hydroxylation is 1. The van der Waals surface area contributed by atoms with Crippen molar-refractivity contribution in [3.63, 3.8) is 0 Å². The second-order valence-electron chi connectivity index (χ2n) is 5.08. The molecular formula is C17H13N3O3S. The maximum Gasteiger partial charge on any atom is 0.348 e. The summed E-state index contributed by atoms with van der Waals surface area (Å²) in [6.45, 7) is 1.58. The maximum atomic E-state index is 12.5. The first-order valence-electron chi connectivity index (χ1n) is 7.19. The predicted octanol–water partition coefficient (Wildman–Crippen LogP) is 2.65. The quantitative estimate of drug-likeness (QED) is 0.682. The highest BCUT2D eigenvalue weighted by atomic mass is 32.1. The van der Waals surface area contributed by atoms with E-state index in [9.17, 15) is 9.59 Å². The summed E-state index contributed by atoms with van der Waals surface area (Å²) in [5, 5.41) is 9.38. The molecular weight excluding hydrogens is 326 g/mol. The van der Waals surface area contributed by atoms with Crippen molar-refractivity contribution in [2.75, 3.05) is 0 Å². The second-order valence-corrected chi connectivity index (χ2v) is 6.37. The molecule has 0 unspecified atom stereocenters. The Labute approximate surface area is 141 Å². The zero-order valence-corrected chi connectivity index (χ0v) is 13.7. The Balaban J connectivity index is 1.93. The second kappa shape index (κ2) is 6.64. The highest BCUT2D eigenvalue weighted by Gasteiger charge is 2.14. The van der Waals surface area contributed by atoms with Crippen LogP contribution < -0.4 is 5.56 Å². The number of thiophene rings is 1. The first-order chi connectivity index (χ1) is 11.6. The number of nitrogens with zero attached hydrogens (tertiary/aromatic N) is 3. The van der Waals surface area contributed by atoms with Gasteiger partial charge < -0.3 is 4.74 Å². The lowest BCUT2D eigenvalue weighted by Gasteiger charge is -2.10. The van der Waals surface area contributed by atoms with Crippen LogP contribution in [0.5, 0.6) is 0 Å². The molecule has 0 aliphatic heterocycles. The van der Waals surface area contributed by atoms with Crippen molar-refractivity contribution in [2.24, 2.45) is 0 Å². The van der Waals surface area contributed by atoms with Crippen molar-refractivity contribution < 1.29 is 9.53 Å². The summed E-state index contributed by atoms with van der Waals surface area (Å²) in [5.41, 5.74) is 0.190. The minimum atomic E-state index is -0.473. The maximum absolute atomic E-state index is 12.5. The standard InChI is InChI=1S/C17H13N3O3S/c1-11-6-7-14(24-11)17(22)23-10-15-19-13-5-3-2-4-12(13)16(21)20(15)9-8-18/h2-7H,9-10H2,1H3.